The largest absolute Gasteiger partial charge is 0.382 e. The molecule has 2 aromatic heterocycles. The number of hydrogen-bond donors (Lipinski definition) is 3. The van der Waals surface area contributed by atoms with Crippen LogP contribution < -0.4 is 16.4 Å². The number of hydrogen-bond acceptors (Lipinski definition) is 7. The van der Waals surface area contributed by atoms with Gasteiger partial charge < -0.3 is 16.4 Å². The second-order valence-corrected chi connectivity index (χ2v) is 4.37. The predicted octanol–water partition coefficient (Wildman–Crippen LogP) is 0.487. The molecule has 0 radical (unpaired) electrons. The molecule has 1 amide bonds. The third-order valence-electron chi connectivity index (χ3n) is 2.15. The summed E-state index contributed by atoms with van der Waals surface area (Å²) in [6.07, 6.45) is 3.05. The van der Waals surface area contributed by atoms with E-state index in [1.54, 1.807) is 19.3 Å². The molecule has 0 aliphatic carbocycles. The van der Waals surface area contributed by atoms with Crippen molar-refractivity contribution < 1.29 is 4.79 Å². The lowest BCUT2D eigenvalue weighted by Crippen LogP contribution is -2.23. The first-order valence-electron chi connectivity index (χ1n) is 5.18. The van der Waals surface area contributed by atoms with E-state index in [4.69, 9.17) is 5.73 Å². The van der Waals surface area contributed by atoms with E-state index in [0.717, 1.165) is 5.69 Å². The van der Waals surface area contributed by atoms with Gasteiger partial charge in [0.25, 0.3) is 5.91 Å². The van der Waals surface area contributed by atoms with Crippen LogP contribution in [0.4, 0.5) is 10.9 Å². The molecule has 0 saturated heterocycles. The molecule has 0 aliphatic heterocycles. The van der Waals surface area contributed by atoms with Gasteiger partial charge in [0.15, 0.2) is 5.13 Å². The molecule has 94 valence electrons. The first-order valence-corrected chi connectivity index (χ1v) is 5.99. The van der Waals surface area contributed by atoms with Crippen LogP contribution in [-0.4, -0.2) is 27.9 Å². The number of nitrogens with one attached hydrogen (secondary N) is 2. The molecule has 4 N–H and O–H groups in total. The molecule has 0 aliphatic rings. The second kappa shape index (κ2) is 5.41. The molecule has 0 fully saturated rings. The van der Waals surface area contributed by atoms with Gasteiger partial charge in [0.1, 0.15) is 17.0 Å². The Balaban J connectivity index is 2.01. The van der Waals surface area contributed by atoms with Crippen LogP contribution >= 0.6 is 11.3 Å². The molecule has 0 bridgehead atoms. The highest BCUT2D eigenvalue weighted by Crippen LogP contribution is 2.24. The molecule has 0 atom stereocenters. The summed E-state index contributed by atoms with van der Waals surface area (Å²) in [4.78, 5) is 24.1. The van der Waals surface area contributed by atoms with Gasteiger partial charge in [-0.1, -0.05) is 11.3 Å². The van der Waals surface area contributed by atoms with Crippen LogP contribution in [0.2, 0.25) is 0 Å². The van der Waals surface area contributed by atoms with Gasteiger partial charge in [-0.05, 0) is 6.07 Å². The molecule has 8 heteroatoms. The Labute approximate surface area is 107 Å². The number of nitrogens with two attached hydrogens (primary N) is 1. The lowest BCUT2D eigenvalue weighted by Gasteiger charge is -2.02. The maximum absolute atomic E-state index is 11.9. The Kier molecular flexibility index (Phi) is 3.68. The molecule has 0 unspecified atom stereocenters. The highest BCUT2D eigenvalue weighted by Gasteiger charge is 2.15. The van der Waals surface area contributed by atoms with Gasteiger partial charge in [-0.3, -0.25) is 4.79 Å². The van der Waals surface area contributed by atoms with Crippen LogP contribution in [0.5, 0.6) is 0 Å². The van der Waals surface area contributed by atoms with Gasteiger partial charge in [0.2, 0.25) is 0 Å². The smallest absolute Gasteiger partial charge is 0.265 e. The number of rotatable bonds is 4. The molecule has 2 rings (SSSR count). The maximum Gasteiger partial charge on any atom is 0.265 e. The predicted molar refractivity (Wildman–Crippen MR) is 69.3 cm³/mol. The molecule has 0 saturated carbocycles. The summed E-state index contributed by atoms with van der Waals surface area (Å²) in [5.41, 5.74) is 6.39. The van der Waals surface area contributed by atoms with Crippen molar-refractivity contribution in [2.24, 2.45) is 0 Å². The van der Waals surface area contributed by atoms with E-state index in [1.807, 2.05) is 0 Å². The van der Waals surface area contributed by atoms with Crippen molar-refractivity contribution >= 4 is 28.2 Å². The first kappa shape index (κ1) is 12.2. The fourth-order valence-corrected chi connectivity index (χ4v) is 2.03. The zero-order chi connectivity index (χ0) is 13.0. The van der Waals surface area contributed by atoms with E-state index in [0.29, 0.717) is 16.6 Å². The minimum Gasteiger partial charge on any atom is -0.382 e. The Hall–Kier alpha value is -2.22. The lowest BCUT2D eigenvalue weighted by molar-refractivity contribution is 0.0955. The van der Waals surface area contributed by atoms with Crippen molar-refractivity contribution in [3.05, 3.63) is 29.2 Å². The average Bonchev–Trinajstić information content (AvgIpc) is 2.78. The van der Waals surface area contributed by atoms with Crippen molar-refractivity contribution in [1.29, 1.82) is 0 Å². The van der Waals surface area contributed by atoms with Gasteiger partial charge >= 0.3 is 0 Å². The van der Waals surface area contributed by atoms with E-state index >= 15 is 0 Å². The van der Waals surface area contributed by atoms with Crippen LogP contribution in [0, 0.1) is 0 Å². The average molecular weight is 264 g/mol. The Bertz CT molecular complexity index is 541. The summed E-state index contributed by atoms with van der Waals surface area (Å²) in [7, 11) is 1.72. The number of carbonyl (C=O) groups is 1. The van der Waals surface area contributed by atoms with Gasteiger partial charge in [-0.2, -0.15) is 0 Å². The highest BCUT2D eigenvalue weighted by molar-refractivity contribution is 7.18. The summed E-state index contributed by atoms with van der Waals surface area (Å²) in [6.45, 7) is 0.327. The van der Waals surface area contributed by atoms with Crippen LogP contribution in [0.1, 0.15) is 15.4 Å². The minimum absolute atomic E-state index is 0.226. The van der Waals surface area contributed by atoms with E-state index in [2.05, 4.69) is 25.6 Å². The number of thiazole rings is 1. The standard InChI is InChI=1S/C10H12N6OS/c1-12-10-16-8(11)7(18-10)9(17)14-4-6-2-3-13-5-15-6/h2-3,5H,4,11H2,1H3,(H,12,16)(H,14,17). The number of anilines is 2. The molecule has 0 aromatic carbocycles. The number of nitrogen functional groups attached to an aromatic ring is 1. The molecule has 0 spiro atoms. The van der Waals surface area contributed by atoms with Crippen molar-refractivity contribution in [3.63, 3.8) is 0 Å². The second-order valence-electron chi connectivity index (χ2n) is 3.37. The number of carbonyl (C=O) groups excluding carboxylic acids is 1. The number of amides is 1. The summed E-state index contributed by atoms with van der Waals surface area (Å²) in [6, 6.07) is 1.73. The SMILES string of the molecule is CNc1nc(N)c(C(=O)NCc2ccncn2)s1. The Morgan fingerprint density at radius 1 is 1.56 bits per heavy atom. The van der Waals surface area contributed by atoms with Crippen LogP contribution in [-0.2, 0) is 6.54 Å². The van der Waals surface area contributed by atoms with Crippen molar-refractivity contribution in [2.75, 3.05) is 18.1 Å². The molecule has 7 nitrogen and oxygen atoms in total. The number of nitrogens with zero attached hydrogens (tertiary/aromatic N) is 3. The van der Waals surface area contributed by atoms with E-state index < -0.39 is 0 Å². The summed E-state index contributed by atoms with van der Waals surface area (Å²) in [5, 5.41) is 6.18. The summed E-state index contributed by atoms with van der Waals surface area (Å²) < 4.78 is 0. The third-order valence-corrected chi connectivity index (χ3v) is 3.23. The highest BCUT2D eigenvalue weighted by atomic mass is 32.1. The lowest BCUT2D eigenvalue weighted by atomic mass is 10.4. The molecular weight excluding hydrogens is 252 g/mol. The Morgan fingerprint density at radius 3 is 3.00 bits per heavy atom. The third kappa shape index (κ3) is 2.72. The molecule has 2 aromatic rings. The minimum atomic E-state index is -0.259. The van der Waals surface area contributed by atoms with Crippen LogP contribution in [0.3, 0.4) is 0 Å². The van der Waals surface area contributed by atoms with Crippen molar-refractivity contribution in [2.45, 2.75) is 6.54 Å². The van der Waals surface area contributed by atoms with Crippen LogP contribution in [0.25, 0.3) is 0 Å². The van der Waals surface area contributed by atoms with Crippen molar-refractivity contribution in [1.82, 2.24) is 20.3 Å². The van der Waals surface area contributed by atoms with Gasteiger partial charge in [-0.25, -0.2) is 15.0 Å². The Morgan fingerprint density at radius 2 is 2.39 bits per heavy atom. The summed E-state index contributed by atoms with van der Waals surface area (Å²) >= 11 is 1.21. The van der Waals surface area contributed by atoms with E-state index in [-0.39, 0.29) is 11.7 Å². The van der Waals surface area contributed by atoms with E-state index in [9.17, 15) is 4.79 Å². The number of aromatic nitrogens is 3. The van der Waals surface area contributed by atoms with E-state index in [1.165, 1.54) is 17.7 Å². The molecule has 2 heterocycles. The summed E-state index contributed by atoms with van der Waals surface area (Å²) in [5.74, 6) is -0.0327. The maximum atomic E-state index is 11.9. The molecule has 18 heavy (non-hydrogen) atoms. The zero-order valence-corrected chi connectivity index (χ0v) is 10.5. The first-order chi connectivity index (χ1) is 8.70. The van der Waals surface area contributed by atoms with Crippen molar-refractivity contribution in [3.8, 4) is 0 Å². The normalized spacial score (nSPS) is 10.1. The quantitative estimate of drug-likeness (QED) is 0.742. The van der Waals surface area contributed by atoms with Gasteiger partial charge in [0.05, 0.1) is 12.2 Å². The fourth-order valence-electron chi connectivity index (χ4n) is 1.28. The topological polar surface area (TPSA) is 106 Å². The fraction of sp³-hybridized carbons (Fsp3) is 0.200. The molecular formula is C10H12N6OS. The monoisotopic (exact) mass is 264 g/mol. The van der Waals surface area contributed by atoms with Crippen LogP contribution in [0.15, 0.2) is 18.6 Å². The van der Waals surface area contributed by atoms with Gasteiger partial charge in [0, 0.05) is 13.2 Å². The zero-order valence-electron chi connectivity index (χ0n) is 9.67. The van der Waals surface area contributed by atoms with Gasteiger partial charge in [-0.15, -0.1) is 0 Å².